The third kappa shape index (κ3) is 2.76. The predicted molar refractivity (Wildman–Crippen MR) is 65.1 cm³/mol. The molecular formula is C13H24N2O. The van der Waals surface area contributed by atoms with E-state index in [1.807, 2.05) is 0 Å². The summed E-state index contributed by atoms with van der Waals surface area (Å²) >= 11 is 0. The fourth-order valence-corrected chi connectivity index (χ4v) is 2.33. The summed E-state index contributed by atoms with van der Waals surface area (Å²) in [5, 5.41) is 3.25. The largest absolute Gasteiger partial charge is 0.342 e. The number of hydrogen-bond acceptors (Lipinski definition) is 2. The normalized spacial score (nSPS) is 22.6. The van der Waals surface area contributed by atoms with Crippen molar-refractivity contribution >= 4 is 5.91 Å². The lowest BCUT2D eigenvalue weighted by atomic mass is 9.88. The van der Waals surface area contributed by atoms with E-state index in [1.165, 1.54) is 12.8 Å². The van der Waals surface area contributed by atoms with Crippen LogP contribution in [0.4, 0.5) is 0 Å². The summed E-state index contributed by atoms with van der Waals surface area (Å²) in [6.07, 6.45) is 3.73. The van der Waals surface area contributed by atoms with E-state index in [0.717, 1.165) is 38.5 Å². The molecule has 0 radical (unpaired) electrons. The van der Waals surface area contributed by atoms with Crippen LogP contribution >= 0.6 is 0 Å². The zero-order chi connectivity index (χ0) is 11.5. The van der Waals surface area contributed by atoms with Gasteiger partial charge in [0.05, 0.1) is 0 Å². The molecular weight excluding hydrogens is 200 g/mol. The second-order valence-corrected chi connectivity index (χ2v) is 5.43. The van der Waals surface area contributed by atoms with Crippen LogP contribution < -0.4 is 5.32 Å². The van der Waals surface area contributed by atoms with E-state index in [-0.39, 0.29) is 5.92 Å². The first kappa shape index (κ1) is 11.9. The number of rotatable bonds is 6. The highest BCUT2D eigenvalue weighted by Crippen LogP contribution is 2.30. The van der Waals surface area contributed by atoms with Gasteiger partial charge in [-0.25, -0.2) is 0 Å². The van der Waals surface area contributed by atoms with Gasteiger partial charge in [-0.3, -0.25) is 4.79 Å². The molecule has 16 heavy (non-hydrogen) atoms. The Labute approximate surface area is 98.6 Å². The molecule has 92 valence electrons. The molecule has 1 aliphatic carbocycles. The average molecular weight is 224 g/mol. The second kappa shape index (κ2) is 5.17. The van der Waals surface area contributed by atoms with E-state index in [2.05, 4.69) is 24.1 Å². The molecule has 1 aliphatic heterocycles. The van der Waals surface area contributed by atoms with E-state index in [0.29, 0.717) is 11.8 Å². The Hall–Kier alpha value is -0.570. The van der Waals surface area contributed by atoms with E-state index >= 15 is 0 Å². The summed E-state index contributed by atoms with van der Waals surface area (Å²) in [6.45, 7) is 8.26. The third-order valence-electron chi connectivity index (χ3n) is 3.89. The van der Waals surface area contributed by atoms with Gasteiger partial charge in [-0.2, -0.15) is 0 Å². The summed E-state index contributed by atoms with van der Waals surface area (Å²) in [5.41, 5.74) is 0. The number of amides is 1. The van der Waals surface area contributed by atoms with Crippen LogP contribution in [0.1, 0.15) is 33.1 Å². The molecule has 2 rings (SSSR count). The molecule has 0 aromatic rings. The minimum absolute atomic E-state index is 0.214. The zero-order valence-corrected chi connectivity index (χ0v) is 10.5. The van der Waals surface area contributed by atoms with E-state index in [4.69, 9.17) is 0 Å². The fourth-order valence-electron chi connectivity index (χ4n) is 2.33. The van der Waals surface area contributed by atoms with Gasteiger partial charge in [0.15, 0.2) is 0 Å². The first-order valence-electron chi connectivity index (χ1n) is 6.72. The Balaban J connectivity index is 1.86. The first-order chi connectivity index (χ1) is 7.72. The van der Waals surface area contributed by atoms with Crippen LogP contribution in [-0.2, 0) is 4.79 Å². The van der Waals surface area contributed by atoms with E-state index in [9.17, 15) is 4.79 Å². The fraction of sp³-hybridized carbons (Fsp3) is 0.923. The summed E-state index contributed by atoms with van der Waals surface area (Å²) in [7, 11) is 0. The van der Waals surface area contributed by atoms with Crippen molar-refractivity contribution in [3.63, 3.8) is 0 Å². The number of carbonyl (C=O) groups is 1. The molecule has 1 amide bonds. The molecule has 1 saturated carbocycles. The second-order valence-electron chi connectivity index (χ2n) is 5.43. The highest BCUT2D eigenvalue weighted by atomic mass is 16.2. The Morgan fingerprint density at radius 3 is 2.56 bits per heavy atom. The van der Waals surface area contributed by atoms with Crippen LogP contribution in [0.25, 0.3) is 0 Å². The van der Waals surface area contributed by atoms with Gasteiger partial charge in [-0.05, 0) is 44.2 Å². The lowest BCUT2D eigenvalue weighted by Crippen LogP contribution is -2.50. The summed E-state index contributed by atoms with van der Waals surface area (Å²) in [6, 6.07) is 0. The minimum atomic E-state index is 0.214. The number of hydrogen-bond donors (Lipinski definition) is 1. The third-order valence-corrected chi connectivity index (χ3v) is 3.89. The average Bonchev–Trinajstić information content (AvgIpc) is 2.97. The van der Waals surface area contributed by atoms with Gasteiger partial charge in [0.1, 0.15) is 0 Å². The van der Waals surface area contributed by atoms with Crippen LogP contribution in [-0.4, -0.2) is 37.0 Å². The molecule has 1 unspecified atom stereocenters. The van der Waals surface area contributed by atoms with Crippen LogP contribution in [0.3, 0.4) is 0 Å². The number of nitrogens with zero attached hydrogens (tertiary/aromatic N) is 1. The molecule has 3 heteroatoms. The highest BCUT2D eigenvalue weighted by Gasteiger charge is 2.33. The smallest absolute Gasteiger partial charge is 0.225 e. The van der Waals surface area contributed by atoms with Crippen molar-refractivity contribution < 1.29 is 4.79 Å². The molecule has 1 N–H and O–H groups in total. The van der Waals surface area contributed by atoms with Crippen molar-refractivity contribution in [3.05, 3.63) is 0 Å². The van der Waals surface area contributed by atoms with Crippen LogP contribution in [0.5, 0.6) is 0 Å². The maximum absolute atomic E-state index is 12.3. The molecule has 1 saturated heterocycles. The number of carbonyl (C=O) groups excluding carboxylic acids is 1. The van der Waals surface area contributed by atoms with E-state index < -0.39 is 0 Å². The van der Waals surface area contributed by atoms with Crippen LogP contribution in [0.15, 0.2) is 0 Å². The van der Waals surface area contributed by atoms with Gasteiger partial charge in [0, 0.05) is 19.0 Å². The van der Waals surface area contributed by atoms with Gasteiger partial charge >= 0.3 is 0 Å². The molecule has 1 atom stereocenters. The van der Waals surface area contributed by atoms with Gasteiger partial charge in [0.2, 0.25) is 5.91 Å². The monoisotopic (exact) mass is 224 g/mol. The Morgan fingerprint density at radius 1 is 1.44 bits per heavy atom. The standard InChI is InChI=1S/C13H24N2O/c1-3-6-15(9-11-4-5-11)13(16)10(2)12-7-14-8-12/h10-12,14H,3-9H2,1-2H3. The summed E-state index contributed by atoms with van der Waals surface area (Å²) < 4.78 is 0. The first-order valence-corrected chi connectivity index (χ1v) is 6.72. The zero-order valence-electron chi connectivity index (χ0n) is 10.5. The Bertz CT molecular complexity index is 246. The predicted octanol–water partition coefficient (Wildman–Crippen LogP) is 1.49. The molecule has 0 spiro atoms. The SMILES string of the molecule is CCCN(CC1CC1)C(=O)C(C)C1CNC1. The van der Waals surface area contributed by atoms with Crippen molar-refractivity contribution in [1.29, 1.82) is 0 Å². The molecule has 0 aromatic carbocycles. The van der Waals surface area contributed by atoms with Crippen molar-refractivity contribution in [2.24, 2.45) is 17.8 Å². The van der Waals surface area contributed by atoms with Crippen LogP contribution in [0.2, 0.25) is 0 Å². The lowest BCUT2D eigenvalue weighted by molar-refractivity contribution is -0.137. The molecule has 1 heterocycles. The summed E-state index contributed by atoms with van der Waals surface area (Å²) in [5.74, 6) is 1.99. The topological polar surface area (TPSA) is 32.3 Å². The molecule has 0 bridgehead atoms. The number of nitrogens with one attached hydrogen (secondary N) is 1. The van der Waals surface area contributed by atoms with Gasteiger partial charge in [0.25, 0.3) is 0 Å². The maximum Gasteiger partial charge on any atom is 0.225 e. The minimum Gasteiger partial charge on any atom is -0.342 e. The van der Waals surface area contributed by atoms with Crippen molar-refractivity contribution in [1.82, 2.24) is 10.2 Å². The highest BCUT2D eigenvalue weighted by molar-refractivity contribution is 5.79. The van der Waals surface area contributed by atoms with Gasteiger partial charge in [-0.15, -0.1) is 0 Å². The molecule has 2 fully saturated rings. The molecule has 2 aliphatic rings. The van der Waals surface area contributed by atoms with Gasteiger partial charge in [-0.1, -0.05) is 13.8 Å². The van der Waals surface area contributed by atoms with Gasteiger partial charge < -0.3 is 10.2 Å². The molecule has 3 nitrogen and oxygen atoms in total. The quantitative estimate of drug-likeness (QED) is 0.741. The van der Waals surface area contributed by atoms with Crippen LogP contribution in [0, 0.1) is 17.8 Å². The Morgan fingerprint density at radius 2 is 2.12 bits per heavy atom. The lowest BCUT2D eigenvalue weighted by Gasteiger charge is -2.35. The van der Waals surface area contributed by atoms with E-state index in [1.54, 1.807) is 0 Å². The Kier molecular flexibility index (Phi) is 3.85. The van der Waals surface area contributed by atoms with Crippen molar-refractivity contribution in [3.8, 4) is 0 Å². The van der Waals surface area contributed by atoms with Crippen molar-refractivity contribution in [2.45, 2.75) is 33.1 Å². The molecule has 0 aromatic heterocycles. The van der Waals surface area contributed by atoms with Crippen molar-refractivity contribution in [2.75, 3.05) is 26.2 Å². The maximum atomic E-state index is 12.3. The summed E-state index contributed by atoms with van der Waals surface area (Å²) in [4.78, 5) is 14.4.